The molecular weight excluding hydrogens is 503 g/mol. The third-order valence-electron chi connectivity index (χ3n) is 7.17. The minimum atomic E-state index is -4.74. The van der Waals surface area contributed by atoms with Crippen molar-refractivity contribution in [2.24, 2.45) is 5.92 Å². The van der Waals surface area contributed by atoms with E-state index in [1.165, 1.54) is 29.8 Å². The summed E-state index contributed by atoms with van der Waals surface area (Å²) in [6.45, 7) is 2.63. The van der Waals surface area contributed by atoms with E-state index in [1.54, 1.807) is 4.90 Å². The quantitative estimate of drug-likeness (QED) is 0.401. The van der Waals surface area contributed by atoms with Crippen molar-refractivity contribution in [1.82, 2.24) is 15.2 Å². The van der Waals surface area contributed by atoms with Crippen LogP contribution in [-0.4, -0.2) is 35.2 Å². The number of alkyl halides is 3. The van der Waals surface area contributed by atoms with Crippen LogP contribution in [0.5, 0.6) is 5.75 Å². The van der Waals surface area contributed by atoms with E-state index < -0.39 is 6.36 Å². The average Bonchev–Trinajstić information content (AvgIpc) is 3.19. The molecule has 0 saturated carbocycles. The Balaban J connectivity index is 1.36. The van der Waals surface area contributed by atoms with E-state index in [2.05, 4.69) is 21.1 Å². The molecule has 1 amide bonds. The molecule has 5 nitrogen and oxygen atoms in total. The van der Waals surface area contributed by atoms with Crippen LogP contribution in [0.1, 0.15) is 51.4 Å². The van der Waals surface area contributed by atoms with Crippen LogP contribution in [0.3, 0.4) is 0 Å². The maximum Gasteiger partial charge on any atom is 0.573 e. The number of ether oxygens (including phenoxy) is 1. The maximum absolute atomic E-state index is 13.2. The SMILES string of the molecule is O=C1c2c(Cl)cc(C(Cc3ccncc3)C3CCNCC3)cc2CN1Cc1ccc(OC(F)(F)F)cc1. The van der Waals surface area contributed by atoms with E-state index >= 15 is 0 Å². The molecule has 2 aliphatic heterocycles. The van der Waals surface area contributed by atoms with Crippen LogP contribution >= 0.6 is 11.6 Å². The summed E-state index contributed by atoms with van der Waals surface area (Å²) in [4.78, 5) is 19.0. The first-order valence-electron chi connectivity index (χ1n) is 12.3. The number of hydrogen-bond donors (Lipinski definition) is 1. The molecule has 2 aliphatic rings. The maximum atomic E-state index is 13.2. The number of benzene rings is 2. The number of amides is 1. The molecule has 1 unspecified atom stereocenters. The fourth-order valence-corrected chi connectivity index (χ4v) is 5.75. The van der Waals surface area contributed by atoms with Gasteiger partial charge < -0.3 is 15.0 Å². The monoisotopic (exact) mass is 529 g/mol. The van der Waals surface area contributed by atoms with Crippen molar-refractivity contribution >= 4 is 17.5 Å². The van der Waals surface area contributed by atoms with E-state index in [4.69, 9.17) is 11.6 Å². The predicted molar refractivity (Wildman–Crippen MR) is 134 cm³/mol. The van der Waals surface area contributed by atoms with Crippen molar-refractivity contribution in [2.45, 2.75) is 44.6 Å². The van der Waals surface area contributed by atoms with Crippen LogP contribution in [0, 0.1) is 5.92 Å². The van der Waals surface area contributed by atoms with Crippen molar-refractivity contribution in [3.05, 3.63) is 93.8 Å². The fraction of sp³-hybridized carbons (Fsp3) is 0.357. The Bertz CT molecular complexity index is 1250. The fourth-order valence-electron chi connectivity index (χ4n) is 5.42. The number of hydrogen-bond acceptors (Lipinski definition) is 4. The van der Waals surface area contributed by atoms with Crippen LogP contribution in [0.4, 0.5) is 13.2 Å². The zero-order valence-electron chi connectivity index (χ0n) is 20.1. The van der Waals surface area contributed by atoms with Crippen LogP contribution in [0.15, 0.2) is 60.9 Å². The van der Waals surface area contributed by atoms with Gasteiger partial charge in [0, 0.05) is 25.5 Å². The molecular formula is C28H27ClF3N3O2. The van der Waals surface area contributed by atoms with E-state index in [-0.39, 0.29) is 24.1 Å². The summed E-state index contributed by atoms with van der Waals surface area (Å²) in [5.74, 6) is 0.291. The van der Waals surface area contributed by atoms with E-state index in [0.717, 1.165) is 43.5 Å². The Morgan fingerprint density at radius 1 is 1.05 bits per heavy atom. The van der Waals surface area contributed by atoms with Gasteiger partial charge in [-0.05, 0) is 96.8 Å². The Kier molecular flexibility index (Phi) is 7.40. The molecule has 5 rings (SSSR count). The number of halogens is 4. The minimum absolute atomic E-state index is 0.172. The lowest BCUT2D eigenvalue weighted by Gasteiger charge is -2.31. The molecule has 194 valence electrons. The second-order valence-electron chi connectivity index (χ2n) is 9.64. The highest BCUT2D eigenvalue weighted by atomic mass is 35.5. The lowest BCUT2D eigenvalue weighted by Crippen LogP contribution is -2.31. The minimum Gasteiger partial charge on any atom is -0.406 e. The summed E-state index contributed by atoms with van der Waals surface area (Å²) >= 11 is 6.71. The van der Waals surface area contributed by atoms with Crippen molar-refractivity contribution in [3.8, 4) is 5.75 Å². The Morgan fingerprint density at radius 2 is 1.76 bits per heavy atom. The number of fused-ring (bicyclic) bond motifs is 1. The zero-order valence-corrected chi connectivity index (χ0v) is 20.9. The first kappa shape index (κ1) is 25.5. The van der Waals surface area contributed by atoms with Crippen LogP contribution in [-0.2, 0) is 19.5 Å². The summed E-state index contributed by atoms with van der Waals surface area (Å²) in [6.07, 6.45) is 1.89. The summed E-state index contributed by atoms with van der Waals surface area (Å²) in [6, 6.07) is 13.7. The molecule has 9 heteroatoms. The third-order valence-corrected chi connectivity index (χ3v) is 7.47. The van der Waals surface area contributed by atoms with Crippen LogP contribution in [0.2, 0.25) is 5.02 Å². The van der Waals surface area contributed by atoms with Gasteiger partial charge in [-0.1, -0.05) is 29.8 Å². The molecule has 0 spiro atoms. The van der Waals surface area contributed by atoms with Gasteiger partial charge in [-0.2, -0.15) is 0 Å². The van der Waals surface area contributed by atoms with Crippen molar-refractivity contribution < 1.29 is 22.7 Å². The molecule has 1 N–H and O–H groups in total. The molecule has 3 heterocycles. The van der Waals surface area contributed by atoms with Gasteiger partial charge in [0.1, 0.15) is 5.75 Å². The summed E-state index contributed by atoms with van der Waals surface area (Å²) in [7, 11) is 0. The van der Waals surface area contributed by atoms with Gasteiger partial charge in [-0.25, -0.2) is 0 Å². The molecule has 0 aliphatic carbocycles. The number of aromatic nitrogens is 1. The molecule has 1 fully saturated rings. The van der Waals surface area contributed by atoms with E-state index in [1.807, 2.05) is 30.6 Å². The number of piperidine rings is 1. The summed E-state index contributed by atoms with van der Waals surface area (Å²) in [5, 5.41) is 3.88. The van der Waals surface area contributed by atoms with Crippen molar-refractivity contribution in [3.63, 3.8) is 0 Å². The van der Waals surface area contributed by atoms with Gasteiger partial charge in [0.25, 0.3) is 5.91 Å². The average molecular weight is 530 g/mol. The third kappa shape index (κ3) is 6.08. The number of carbonyl (C=O) groups excluding carboxylic acids is 1. The molecule has 37 heavy (non-hydrogen) atoms. The first-order chi connectivity index (χ1) is 17.8. The Labute approximate surface area is 218 Å². The Hall–Kier alpha value is -3.10. The molecule has 1 atom stereocenters. The van der Waals surface area contributed by atoms with Gasteiger partial charge in [0.2, 0.25) is 0 Å². The van der Waals surface area contributed by atoms with Crippen molar-refractivity contribution in [1.29, 1.82) is 0 Å². The van der Waals surface area contributed by atoms with Crippen LogP contribution < -0.4 is 10.1 Å². The number of rotatable bonds is 7. The van der Waals surface area contributed by atoms with Crippen LogP contribution in [0.25, 0.3) is 0 Å². The first-order valence-corrected chi connectivity index (χ1v) is 12.7. The second-order valence-corrected chi connectivity index (χ2v) is 10.1. The highest BCUT2D eigenvalue weighted by molar-refractivity contribution is 6.34. The van der Waals surface area contributed by atoms with Gasteiger partial charge in [0.15, 0.2) is 0 Å². The normalized spacial score (nSPS) is 17.1. The predicted octanol–water partition coefficient (Wildman–Crippen LogP) is 6.12. The topological polar surface area (TPSA) is 54.5 Å². The summed E-state index contributed by atoms with van der Waals surface area (Å²) < 4.78 is 41.3. The molecule has 0 radical (unpaired) electrons. The zero-order chi connectivity index (χ0) is 26.0. The second kappa shape index (κ2) is 10.7. The lowest BCUT2D eigenvalue weighted by atomic mass is 9.76. The highest BCUT2D eigenvalue weighted by Gasteiger charge is 2.33. The number of pyridine rings is 1. The van der Waals surface area contributed by atoms with Gasteiger partial charge >= 0.3 is 6.36 Å². The van der Waals surface area contributed by atoms with E-state index in [9.17, 15) is 18.0 Å². The molecule has 1 aromatic heterocycles. The molecule has 3 aromatic rings. The summed E-state index contributed by atoms with van der Waals surface area (Å²) in [5.41, 5.74) is 4.45. The molecule has 0 bridgehead atoms. The molecule has 1 saturated heterocycles. The lowest BCUT2D eigenvalue weighted by molar-refractivity contribution is -0.274. The standard InChI is InChI=1S/C28H27ClF3N3O2/c29-25-15-21(24(20-7-11-34-12-8-20)13-18-5-9-33-10-6-18)14-22-17-35(27(36)26(22)25)16-19-1-3-23(4-2-19)37-28(30,31)32/h1-6,9-10,14-15,20,24,34H,7-8,11-13,16-17H2. The van der Waals surface area contributed by atoms with Gasteiger partial charge in [0.05, 0.1) is 10.6 Å². The number of carbonyl (C=O) groups is 1. The smallest absolute Gasteiger partial charge is 0.406 e. The number of nitrogens with zero attached hydrogens (tertiary/aromatic N) is 2. The van der Waals surface area contributed by atoms with Gasteiger partial charge in [-0.15, -0.1) is 13.2 Å². The largest absolute Gasteiger partial charge is 0.573 e. The van der Waals surface area contributed by atoms with E-state index in [0.29, 0.717) is 28.6 Å². The molecule has 2 aromatic carbocycles. The van der Waals surface area contributed by atoms with Crippen molar-refractivity contribution in [2.75, 3.05) is 13.1 Å². The Morgan fingerprint density at radius 3 is 2.43 bits per heavy atom. The number of nitrogens with one attached hydrogen (secondary N) is 1. The highest BCUT2D eigenvalue weighted by Crippen LogP contribution is 2.39. The van der Waals surface area contributed by atoms with Gasteiger partial charge in [-0.3, -0.25) is 9.78 Å².